The van der Waals surface area contributed by atoms with Crippen molar-refractivity contribution in [1.29, 1.82) is 0 Å². The standard InChI is InChI=1S/C19H19N3O6/c1-26-16-6-4-12(9-17(16)27-2)3-5-15(24)14-10-21-11-18(22-14)28-19(25)13(20)7-8-23/h3-6,8-11,13H,7,20H2,1-2H3. The first-order valence-electron chi connectivity index (χ1n) is 8.16. The lowest BCUT2D eigenvalue weighted by molar-refractivity contribution is -0.137. The highest BCUT2D eigenvalue weighted by molar-refractivity contribution is 6.05. The summed E-state index contributed by atoms with van der Waals surface area (Å²) in [6.45, 7) is 0. The summed E-state index contributed by atoms with van der Waals surface area (Å²) in [7, 11) is 3.04. The third-order valence-electron chi connectivity index (χ3n) is 3.56. The van der Waals surface area contributed by atoms with Gasteiger partial charge in [0.2, 0.25) is 11.7 Å². The van der Waals surface area contributed by atoms with Gasteiger partial charge < -0.3 is 24.7 Å². The number of esters is 1. The van der Waals surface area contributed by atoms with Gasteiger partial charge in [-0.2, -0.15) is 0 Å². The summed E-state index contributed by atoms with van der Waals surface area (Å²) < 4.78 is 15.3. The van der Waals surface area contributed by atoms with E-state index in [9.17, 15) is 14.4 Å². The number of ether oxygens (including phenoxy) is 3. The normalized spacial score (nSPS) is 11.7. The quantitative estimate of drug-likeness (QED) is 0.293. The van der Waals surface area contributed by atoms with Crippen LogP contribution in [-0.4, -0.2) is 48.3 Å². The molecule has 2 rings (SSSR count). The summed E-state index contributed by atoms with van der Waals surface area (Å²) in [6.07, 6.45) is 5.61. The Morgan fingerprint density at radius 3 is 2.61 bits per heavy atom. The zero-order valence-electron chi connectivity index (χ0n) is 15.3. The van der Waals surface area contributed by atoms with Crippen LogP contribution in [0.1, 0.15) is 22.5 Å². The second-order valence-electron chi connectivity index (χ2n) is 5.48. The van der Waals surface area contributed by atoms with Crippen LogP contribution >= 0.6 is 0 Å². The molecule has 0 amide bonds. The van der Waals surface area contributed by atoms with E-state index in [1.165, 1.54) is 32.7 Å². The Labute approximate surface area is 161 Å². The average molecular weight is 385 g/mol. The number of rotatable bonds is 9. The van der Waals surface area contributed by atoms with Crippen molar-refractivity contribution in [3.8, 4) is 17.4 Å². The van der Waals surface area contributed by atoms with Gasteiger partial charge in [-0.05, 0) is 23.8 Å². The molecular formula is C19H19N3O6. The van der Waals surface area contributed by atoms with Crippen LogP contribution in [0.5, 0.6) is 17.4 Å². The van der Waals surface area contributed by atoms with Crippen molar-refractivity contribution in [2.45, 2.75) is 12.5 Å². The predicted molar refractivity (Wildman–Crippen MR) is 99.2 cm³/mol. The maximum atomic E-state index is 12.3. The van der Waals surface area contributed by atoms with E-state index in [0.717, 1.165) is 0 Å². The molecule has 9 heteroatoms. The number of carbonyl (C=O) groups excluding carboxylic acids is 3. The largest absolute Gasteiger partial charge is 0.493 e. The fourth-order valence-electron chi connectivity index (χ4n) is 2.11. The number of allylic oxidation sites excluding steroid dienone is 1. The van der Waals surface area contributed by atoms with Gasteiger partial charge in [-0.3, -0.25) is 9.78 Å². The Morgan fingerprint density at radius 2 is 1.93 bits per heavy atom. The Hall–Kier alpha value is -3.59. The number of aldehydes is 1. The number of hydrogen-bond donors (Lipinski definition) is 1. The number of hydrogen-bond acceptors (Lipinski definition) is 9. The molecule has 0 radical (unpaired) electrons. The van der Waals surface area contributed by atoms with E-state index in [4.69, 9.17) is 19.9 Å². The van der Waals surface area contributed by atoms with E-state index in [-0.39, 0.29) is 18.0 Å². The van der Waals surface area contributed by atoms with E-state index in [1.807, 2.05) is 0 Å². The summed E-state index contributed by atoms with van der Waals surface area (Å²) in [5, 5.41) is 0. The maximum Gasteiger partial charge on any atom is 0.330 e. The van der Waals surface area contributed by atoms with Gasteiger partial charge >= 0.3 is 5.97 Å². The molecule has 2 aromatic rings. The van der Waals surface area contributed by atoms with E-state index in [2.05, 4.69) is 9.97 Å². The zero-order chi connectivity index (χ0) is 20.5. The molecule has 1 aromatic carbocycles. The molecule has 1 unspecified atom stereocenters. The molecule has 0 saturated carbocycles. The van der Waals surface area contributed by atoms with Crippen molar-refractivity contribution in [2.24, 2.45) is 5.73 Å². The predicted octanol–water partition coefficient (Wildman–Crippen LogP) is 1.21. The molecule has 2 N–H and O–H groups in total. The van der Waals surface area contributed by atoms with Gasteiger partial charge in [0.05, 0.1) is 26.6 Å². The van der Waals surface area contributed by atoms with Crippen LogP contribution in [0, 0.1) is 0 Å². The number of benzene rings is 1. The Balaban J connectivity index is 2.11. The molecule has 0 fully saturated rings. The van der Waals surface area contributed by atoms with E-state index in [1.54, 1.807) is 24.3 Å². The minimum absolute atomic E-state index is 0.0222. The molecule has 0 aliphatic rings. The van der Waals surface area contributed by atoms with Gasteiger partial charge in [0, 0.05) is 6.42 Å². The number of ketones is 1. The fraction of sp³-hybridized carbons (Fsp3) is 0.211. The van der Waals surface area contributed by atoms with Crippen molar-refractivity contribution in [3.05, 3.63) is 47.9 Å². The molecule has 1 aromatic heterocycles. The number of nitrogens with two attached hydrogens (primary N) is 1. The minimum atomic E-state index is -1.11. The molecule has 28 heavy (non-hydrogen) atoms. The van der Waals surface area contributed by atoms with Crippen LogP contribution in [0.25, 0.3) is 6.08 Å². The summed E-state index contributed by atoms with van der Waals surface area (Å²) in [4.78, 5) is 42.2. The molecule has 146 valence electrons. The van der Waals surface area contributed by atoms with Crippen LogP contribution in [0.4, 0.5) is 0 Å². The van der Waals surface area contributed by atoms with Gasteiger partial charge in [0.25, 0.3) is 0 Å². The molecule has 0 bridgehead atoms. The molecule has 9 nitrogen and oxygen atoms in total. The Morgan fingerprint density at radius 1 is 1.18 bits per heavy atom. The number of carbonyl (C=O) groups is 3. The van der Waals surface area contributed by atoms with Crippen molar-refractivity contribution in [3.63, 3.8) is 0 Å². The van der Waals surface area contributed by atoms with Crippen molar-refractivity contribution < 1.29 is 28.6 Å². The van der Waals surface area contributed by atoms with Crippen LogP contribution in [0.2, 0.25) is 0 Å². The van der Waals surface area contributed by atoms with Crippen LogP contribution < -0.4 is 19.9 Å². The van der Waals surface area contributed by atoms with Gasteiger partial charge in [-0.1, -0.05) is 12.1 Å². The maximum absolute atomic E-state index is 12.3. The zero-order valence-corrected chi connectivity index (χ0v) is 15.3. The molecular weight excluding hydrogens is 366 g/mol. The van der Waals surface area contributed by atoms with E-state index >= 15 is 0 Å². The number of nitrogens with zero attached hydrogens (tertiary/aromatic N) is 2. The van der Waals surface area contributed by atoms with Crippen molar-refractivity contribution in [1.82, 2.24) is 9.97 Å². The first-order chi connectivity index (χ1) is 13.5. The highest BCUT2D eigenvalue weighted by Gasteiger charge is 2.17. The summed E-state index contributed by atoms with van der Waals surface area (Å²) in [6, 6.07) is 4.07. The smallest absolute Gasteiger partial charge is 0.330 e. The number of methoxy groups -OCH3 is 2. The summed E-state index contributed by atoms with van der Waals surface area (Å²) in [5.41, 5.74) is 6.17. The molecule has 0 saturated heterocycles. The van der Waals surface area contributed by atoms with Gasteiger partial charge in [-0.15, -0.1) is 0 Å². The fourth-order valence-corrected chi connectivity index (χ4v) is 2.11. The van der Waals surface area contributed by atoms with Crippen LogP contribution in [0.3, 0.4) is 0 Å². The van der Waals surface area contributed by atoms with Crippen LogP contribution in [-0.2, 0) is 9.59 Å². The highest BCUT2D eigenvalue weighted by atomic mass is 16.5. The topological polar surface area (TPSA) is 131 Å². The minimum Gasteiger partial charge on any atom is -0.493 e. The van der Waals surface area contributed by atoms with Crippen molar-refractivity contribution >= 4 is 24.1 Å². The molecule has 1 atom stereocenters. The summed E-state index contributed by atoms with van der Waals surface area (Å²) in [5.74, 6) is -0.377. The second-order valence-corrected chi connectivity index (χ2v) is 5.48. The van der Waals surface area contributed by atoms with E-state index < -0.39 is 17.8 Å². The van der Waals surface area contributed by atoms with Gasteiger partial charge in [0.15, 0.2) is 11.5 Å². The Bertz CT molecular complexity index is 897. The van der Waals surface area contributed by atoms with Gasteiger partial charge in [0.1, 0.15) is 18.0 Å². The monoisotopic (exact) mass is 385 g/mol. The molecule has 0 aliphatic carbocycles. The van der Waals surface area contributed by atoms with Gasteiger partial charge in [-0.25, -0.2) is 9.78 Å². The number of aromatic nitrogens is 2. The summed E-state index contributed by atoms with van der Waals surface area (Å²) >= 11 is 0. The van der Waals surface area contributed by atoms with Crippen molar-refractivity contribution in [2.75, 3.05) is 14.2 Å². The SMILES string of the molecule is COc1ccc(C=CC(=O)c2cncc(OC(=O)C(N)CC=O)n2)cc1OC. The third-order valence-corrected chi connectivity index (χ3v) is 3.56. The molecule has 1 heterocycles. The highest BCUT2D eigenvalue weighted by Crippen LogP contribution is 2.28. The molecule has 0 spiro atoms. The lowest BCUT2D eigenvalue weighted by Gasteiger charge is -2.08. The average Bonchev–Trinajstić information content (AvgIpc) is 2.72. The lowest BCUT2D eigenvalue weighted by atomic mass is 10.1. The second kappa shape index (κ2) is 9.93. The third kappa shape index (κ3) is 5.45. The Kier molecular flexibility index (Phi) is 7.35. The first kappa shape index (κ1) is 20.7. The first-order valence-corrected chi connectivity index (χ1v) is 8.16. The van der Waals surface area contributed by atoms with E-state index in [0.29, 0.717) is 23.3 Å². The lowest BCUT2D eigenvalue weighted by Crippen LogP contribution is -2.34. The van der Waals surface area contributed by atoms with Crippen LogP contribution in [0.15, 0.2) is 36.7 Å². The molecule has 0 aliphatic heterocycles.